The van der Waals surface area contributed by atoms with Crippen molar-refractivity contribution in [1.82, 2.24) is 5.43 Å². The van der Waals surface area contributed by atoms with Crippen LogP contribution in [0.3, 0.4) is 0 Å². The Morgan fingerprint density at radius 1 is 2.00 bits per heavy atom. The quantitative estimate of drug-likeness (QED) is 0.458. The van der Waals surface area contributed by atoms with Crippen molar-refractivity contribution in [3.05, 3.63) is 4.91 Å². The summed E-state index contributed by atoms with van der Waals surface area (Å²) in [4.78, 5) is 9.40. The van der Waals surface area contributed by atoms with Crippen molar-refractivity contribution in [1.29, 1.82) is 0 Å². The molecule has 2 N–H and O–H groups in total. The van der Waals surface area contributed by atoms with Crippen molar-refractivity contribution in [3.63, 3.8) is 0 Å². The van der Waals surface area contributed by atoms with E-state index >= 15 is 0 Å². The normalized spacial score (nSPS) is 7.50. The van der Waals surface area contributed by atoms with Gasteiger partial charge < -0.3 is 0 Å². The molecule has 0 aromatic rings. The molecule has 0 spiro atoms. The number of nitrogens with one attached hydrogen (secondary N) is 1. The first-order chi connectivity index (χ1) is 2.77. The van der Waals surface area contributed by atoms with Gasteiger partial charge in [0.25, 0.3) is 0 Å². The molecule has 36 valence electrons. The minimum absolute atomic E-state index is 0.319. The van der Waals surface area contributed by atoms with Crippen LogP contribution in [-0.4, -0.2) is 16.8 Å². The van der Waals surface area contributed by atoms with Crippen LogP contribution in [-0.2, 0) is 0 Å². The van der Waals surface area contributed by atoms with Crippen LogP contribution in [0.1, 0.15) is 6.92 Å². The van der Waals surface area contributed by atoms with Crippen LogP contribution < -0.4 is 5.43 Å². The lowest BCUT2D eigenvalue weighted by molar-refractivity contribution is -0.832. The van der Waals surface area contributed by atoms with Crippen LogP contribution in [0, 0.1) is 4.91 Å². The Bertz CT molecular complexity index is 53.5. The molecule has 4 nitrogen and oxygen atoms in total. The molecule has 0 heterocycles. The topological polar surface area (TPSA) is 52.3 Å². The molecule has 0 bridgehead atoms. The second-order valence-corrected chi connectivity index (χ2v) is 0.785. The first-order valence-electron chi connectivity index (χ1n) is 1.67. The molecule has 0 fully saturated rings. The van der Waals surface area contributed by atoms with Crippen LogP contribution in [0.4, 0.5) is 0 Å². The zero-order chi connectivity index (χ0) is 4.99. The van der Waals surface area contributed by atoms with Gasteiger partial charge in [0, 0.05) is 0 Å². The SMILES string of the molecule is CCN[N+](=O)O. The molecule has 0 unspecified atom stereocenters. The third-order valence-electron chi connectivity index (χ3n) is 0.293. The summed E-state index contributed by atoms with van der Waals surface area (Å²) in [5.41, 5.74) is 2.04. The highest BCUT2D eigenvalue weighted by Gasteiger charge is 1.91. The van der Waals surface area contributed by atoms with Gasteiger partial charge in [-0.05, 0) is 6.92 Å². The van der Waals surface area contributed by atoms with Gasteiger partial charge in [-0.15, -0.1) is 5.43 Å². The smallest absolute Gasteiger partial charge is 0.219 e. The Labute approximate surface area is 35.3 Å². The number of nitrogens with zero attached hydrogens (tertiary/aromatic N) is 1. The average Bonchev–Trinajstić information content (AvgIpc) is 1.35. The van der Waals surface area contributed by atoms with Gasteiger partial charge in [0.2, 0.25) is 0 Å². The lowest BCUT2D eigenvalue weighted by Gasteiger charge is -1.75. The highest BCUT2D eigenvalue weighted by Crippen LogP contribution is 1.48. The van der Waals surface area contributed by atoms with Crippen molar-refractivity contribution in [3.8, 4) is 0 Å². The van der Waals surface area contributed by atoms with E-state index in [1.54, 1.807) is 6.92 Å². The summed E-state index contributed by atoms with van der Waals surface area (Å²) in [6.07, 6.45) is 0. The second-order valence-electron chi connectivity index (χ2n) is 0.785. The zero-order valence-electron chi connectivity index (χ0n) is 3.51. The van der Waals surface area contributed by atoms with E-state index in [0.717, 1.165) is 0 Å². The third kappa shape index (κ3) is 3.20. The van der Waals surface area contributed by atoms with E-state index in [-0.39, 0.29) is 5.03 Å². The molecule has 0 aromatic carbocycles. The zero-order valence-corrected chi connectivity index (χ0v) is 3.51. The summed E-state index contributed by atoms with van der Waals surface area (Å²) in [6, 6.07) is 0. The molecule has 0 aliphatic heterocycles. The molecular weight excluding hydrogens is 84.0 g/mol. The summed E-state index contributed by atoms with van der Waals surface area (Å²) < 4.78 is 0. The van der Waals surface area contributed by atoms with Crippen molar-refractivity contribution >= 4 is 0 Å². The van der Waals surface area contributed by atoms with E-state index in [1.165, 1.54) is 0 Å². The summed E-state index contributed by atoms with van der Waals surface area (Å²) in [5, 5.41) is 7.40. The Balaban J connectivity index is 2.83. The molecular formula is C2H7N2O2+. The van der Waals surface area contributed by atoms with E-state index in [9.17, 15) is 4.91 Å². The van der Waals surface area contributed by atoms with Gasteiger partial charge in [-0.2, -0.15) is 0 Å². The van der Waals surface area contributed by atoms with E-state index in [1.807, 2.05) is 5.43 Å². The fourth-order valence-electron chi connectivity index (χ4n) is 0.135. The van der Waals surface area contributed by atoms with Crippen molar-refractivity contribution in [2.24, 2.45) is 0 Å². The van der Waals surface area contributed by atoms with E-state index in [2.05, 4.69) is 0 Å². The maximum atomic E-state index is 9.40. The van der Waals surface area contributed by atoms with E-state index in [0.29, 0.717) is 6.54 Å². The van der Waals surface area contributed by atoms with Crippen LogP contribution >= 0.6 is 0 Å². The van der Waals surface area contributed by atoms with Crippen molar-refractivity contribution in [2.75, 3.05) is 6.54 Å². The van der Waals surface area contributed by atoms with Gasteiger partial charge in [-0.25, -0.2) is 5.21 Å². The van der Waals surface area contributed by atoms with Crippen molar-refractivity contribution < 1.29 is 10.2 Å². The lowest BCUT2D eigenvalue weighted by Crippen LogP contribution is -2.22. The van der Waals surface area contributed by atoms with Gasteiger partial charge in [0.1, 0.15) is 4.91 Å². The monoisotopic (exact) mass is 91.1 g/mol. The number of hydrazine groups is 1. The van der Waals surface area contributed by atoms with E-state index in [4.69, 9.17) is 5.21 Å². The number of hydrogen-bond donors (Lipinski definition) is 2. The summed E-state index contributed by atoms with van der Waals surface area (Å²) >= 11 is 0. The molecule has 0 atom stereocenters. The van der Waals surface area contributed by atoms with Crippen LogP contribution in [0.25, 0.3) is 0 Å². The highest BCUT2D eigenvalue weighted by atomic mass is 16.7. The molecule has 0 aliphatic carbocycles. The molecule has 0 saturated heterocycles. The number of hydrogen-bond acceptors (Lipinski definition) is 1. The minimum atomic E-state index is -0.319. The van der Waals surface area contributed by atoms with E-state index < -0.39 is 0 Å². The molecule has 4 heteroatoms. The van der Waals surface area contributed by atoms with Gasteiger partial charge >= 0.3 is 5.03 Å². The fourth-order valence-corrected chi connectivity index (χ4v) is 0.135. The highest BCUT2D eigenvalue weighted by molar-refractivity contribution is 4.06. The first kappa shape index (κ1) is 5.20. The van der Waals surface area contributed by atoms with Gasteiger partial charge in [-0.3, -0.25) is 0 Å². The fraction of sp³-hybridized carbons (Fsp3) is 1.00. The molecule has 0 aliphatic rings. The largest absolute Gasteiger partial charge is 0.354 e. The molecule has 0 rings (SSSR count). The molecule has 0 radical (unpaired) electrons. The van der Waals surface area contributed by atoms with Crippen LogP contribution in [0.15, 0.2) is 0 Å². The summed E-state index contributed by atoms with van der Waals surface area (Å²) in [5.74, 6) is 0. The van der Waals surface area contributed by atoms with Gasteiger partial charge in [-0.1, -0.05) is 0 Å². The Morgan fingerprint density at radius 3 is 2.50 bits per heavy atom. The van der Waals surface area contributed by atoms with Gasteiger partial charge in [0.15, 0.2) is 0 Å². The Hall–Kier alpha value is -0.800. The summed E-state index contributed by atoms with van der Waals surface area (Å²) in [6.45, 7) is 2.15. The second kappa shape index (κ2) is 2.44. The predicted molar refractivity (Wildman–Crippen MR) is 19.1 cm³/mol. The predicted octanol–water partition coefficient (Wildman–Crippen LogP) is -0.321. The van der Waals surface area contributed by atoms with Crippen molar-refractivity contribution in [2.45, 2.75) is 6.92 Å². The Morgan fingerprint density at radius 2 is 2.50 bits per heavy atom. The summed E-state index contributed by atoms with van der Waals surface area (Å²) in [7, 11) is 0. The molecule has 6 heavy (non-hydrogen) atoms. The minimum Gasteiger partial charge on any atom is -0.219 e. The van der Waals surface area contributed by atoms with Crippen LogP contribution in [0.2, 0.25) is 0 Å². The maximum absolute atomic E-state index is 9.40. The number of rotatable bonds is 2. The van der Waals surface area contributed by atoms with Crippen LogP contribution in [0.5, 0.6) is 0 Å². The standard InChI is InChI=1S/C2H7N2O2/c1-2-3-4(5)6/h3H,2H2,1H3,(H,5,6)/q+1. The molecule has 0 aromatic heterocycles. The first-order valence-corrected chi connectivity index (χ1v) is 1.67. The average molecular weight is 91.1 g/mol. The van der Waals surface area contributed by atoms with Gasteiger partial charge in [0.05, 0.1) is 6.54 Å². The third-order valence-corrected chi connectivity index (χ3v) is 0.293. The maximum Gasteiger partial charge on any atom is 0.354 e. The Kier molecular flexibility index (Phi) is 2.11. The molecule has 0 amide bonds. The lowest BCUT2D eigenvalue weighted by atomic mass is 10.8. The molecule has 0 saturated carbocycles.